The molecule has 8 heteroatoms. The molecule has 0 bridgehead atoms. The molecule has 0 saturated carbocycles. The van der Waals surface area contributed by atoms with Gasteiger partial charge < -0.3 is 9.73 Å². The van der Waals surface area contributed by atoms with E-state index in [4.69, 9.17) is 4.42 Å². The molecule has 0 atom stereocenters. The third kappa shape index (κ3) is 4.28. The number of para-hydroxylation sites is 1. The molecule has 3 heterocycles. The van der Waals surface area contributed by atoms with E-state index in [1.54, 1.807) is 6.07 Å². The van der Waals surface area contributed by atoms with Crippen LogP contribution in [-0.4, -0.2) is 39.4 Å². The minimum Gasteiger partial charge on any atom is -0.444 e. The van der Waals surface area contributed by atoms with Crippen LogP contribution >= 0.6 is 0 Å². The van der Waals surface area contributed by atoms with Crippen molar-refractivity contribution < 1.29 is 9.34 Å². The molecule has 0 spiro atoms. The van der Waals surface area contributed by atoms with Crippen LogP contribution in [-0.2, 0) is 6.54 Å². The fourth-order valence-corrected chi connectivity index (χ4v) is 4.06. The number of fused-ring (bicyclic) bond motifs is 1. The summed E-state index contributed by atoms with van der Waals surface area (Å²) in [6, 6.07) is 7.08. The third-order valence-corrected chi connectivity index (χ3v) is 5.86. The Balaban J connectivity index is 1.38. The number of pyridine rings is 1. The first kappa shape index (κ1) is 20.3. The smallest absolute Gasteiger partial charge is 0.295 e. The van der Waals surface area contributed by atoms with Crippen LogP contribution in [0.25, 0.3) is 10.9 Å². The molecule has 0 unspecified atom stereocenters. The van der Waals surface area contributed by atoms with Crippen LogP contribution in [0.1, 0.15) is 35.9 Å². The summed E-state index contributed by atoms with van der Waals surface area (Å²) in [6.45, 7) is 9.40. The Morgan fingerprint density at radius 3 is 2.67 bits per heavy atom. The van der Waals surface area contributed by atoms with Crippen LogP contribution in [0.5, 0.6) is 0 Å². The number of aromatic nitrogens is 2. The molecule has 8 nitrogen and oxygen atoms in total. The monoisotopic (exact) mass is 409 g/mol. The van der Waals surface area contributed by atoms with Crippen molar-refractivity contribution in [1.82, 2.24) is 14.9 Å². The summed E-state index contributed by atoms with van der Waals surface area (Å²) in [4.78, 5) is 22.3. The predicted octanol–water partition coefficient (Wildman–Crippen LogP) is 4.38. The number of rotatable bonds is 6. The number of benzene rings is 1. The number of oxazole rings is 1. The Hall–Kier alpha value is -3.00. The second-order valence-corrected chi connectivity index (χ2v) is 8.09. The number of piperidine rings is 1. The van der Waals surface area contributed by atoms with Gasteiger partial charge in [-0.3, -0.25) is 15.0 Å². The van der Waals surface area contributed by atoms with E-state index in [-0.39, 0.29) is 10.6 Å². The summed E-state index contributed by atoms with van der Waals surface area (Å²) in [7, 11) is 0. The van der Waals surface area contributed by atoms with E-state index in [2.05, 4.69) is 20.2 Å². The summed E-state index contributed by atoms with van der Waals surface area (Å²) in [5.41, 5.74) is 3.13. The van der Waals surface area contributed by atoms with Gasteiger partial charge in [-0.1, -0.05) is 12.1 Å². The van der Waals surface area contributed by atoms with Crippen LogP contribution in [0.15, 0.2) is 28.7 Å². The second kappa shape index (κ2) is 8.39. The summed E-state index contributed by atoms with van der Waals surface area (Å²) >= 11 is 0. The minimum atomic E-state index is -0.370. The molecule has 0 radical (unpaired) electrons. The number of likely N-dealkylation sites (tertiary alicyclic amines) is 1. The maximum atomic E-state index is 11.4. The molecule has 1 saturated heterocycles. The molecule has 1 fully saturated rings. The molecule has 1 aromatic carbocycles. The Morgan fingerprint density at radius 2 is 2.00 bits per heavy atom. The normalized spacial score (nSPS) is 15.6. The highest BCUT2D eigenvalue weighted by atomic mass is 16.6. The highest BCUT2D eigenvalue weighted by Crippen LogP contribution is 2.30. The lowest BCUT2D eigenvalue weighted by Crippen LogP contribution is -2.35. The summed E-state index contributed by atoms with van der Waals surface area (Å²) in [6.07, 6.45) is 2.18. The first-order valence-electron chi connectivity index (χ1n) is 10.3. The number of non-ortho nitro benzene ring substituents is 1. The van der Waals surface area contributed by atoms with Crippen LogP contribution in [0.4, 0.5) is 11.4 Å². The van der Waals surface area contributed by atoms with Crippen molar-refractivity contribution in [3.8, 4) is 0 Å². The predicted molar refractivity (Wildman–Crippen MR) is 116 cm³/mol. The second-order valence-electron chi connectivity index (χ2n) is 8.09. The van der Waals surface area contributed by atoms with Gasteiger partial charge in [0.15, 0.2) is 5.52 Å². The van der Waals surface area contributed by atoms with Gasteiger partial charge in [-0.2, -0.15) is 0 Å². The van der Waals surface area contributed by atoms with Gasteiger partial charge in [0.2, 0.25) is 5.89 Å². The Morgan fingerprint density at radius 1 is 1.23 bits per heavy atom. The molecule has 2 aromatic heterocycles. The van der Waals surface area contributed by atoms with Crippen molar-refractivity contribution in [2.75, 3.05) is 25.0 Å². The van der Waals surface area contributed by atoms with Gasteiger partial charge in [-0.05, 0) is 58.7 Å². The Bertz CT molecular complexity index is 1050. The van der Waals surface area contributed by atoms with Crippen LogP contribution < -0.4 is 5.32 Å². The van der Waals surface area contributed by atoms with Crippen LogP contribution in [0, 0.1) is 36.8 Å². The average molecular weight is 409 g/mol. The van der Waals surface area contributed by atoms with Gasteiger partial charge in [0.1, 0.15) is 5.76 Å². The first-order valence-corrected chi connectivity index (χ1v) is 10.3. The number of nitrogens with zero attached hydrogens (tertiary/aromatic N) is 4. The van der Waals surface area contributed by atoms with Crippen molar-refractivity contribution in [3.63, 3.8) is 0 Å². The molecule has 0 amide bonds. The van der Waals surface area contributed by atoms with Crippen molar-refractivity contribution in [1.29, 1.82) is 0 Å². The quantitative estimate of drug-likeness (QED) is 0.476. The maximum Gasteiger partial charge on any atom is 0.295 e. The molecule has 1 aliphatic heterocycles. The van der Waals surface area contributed by atoms with E-state index in [0.29, 0.717) is 11.4 Å². The number of nitrogens with one attached hydrogen (secondary N) is 1. The van der Waals surface area contributed by atoms with Crippen molar-refractivity contribution >= 4 is 22.3 Å². The molecule has 1 N–H and O–H groups in total. The molecule has 4 rings (SSSR count). The maximum absolute atomic E-state index is 11.4. The van der Waals surface area contributed by atoms with E-state index in [1.807, 2.05) is 32.9 Å². The number of aryl methyl sites for hydroxylation is 3. The number of anilines is 1. The number of hydrogen-bond acceptors (Lipinski definition) is 7. The molecular weight excluding hydrogens is 382 g/mol. The third-order valence-electron chi connectivity index (χ3n) is 5.86. The molecule has 0 aliphatic carbocycles. The van der Waals surface area contributed by atoms with Crippen LogP contribution in [0.2, 0.25) is 0 Å². The fourth-order valence-electron chi connectivity index (χ4n) is 4.06. The summed E-state index contributed by atoms with van der Waals surface area (Å²) < 4.78 is 5.71. The minimum absolute atomic E-state index is 0.0459. The number of nitro groups is 1. The van der Waals surface area contributed by atoms with E-state index in [9.17, 15) is 10.1 Å². The average Bonchev–Trinajstić information content (AvgIpc) is 3.03. The lowest BCUT2D eigenvalue weighted by molar-refractivity contribution is -0.383. The molecular formula is C22H27N5O3. The zero-order valence-corrected chi connectivity index (χ0v) is 17.6. The molecule has 158 valence electrons. The van der Waals surface area contributed by atoms with Gasteiger partial charge in [0.25, 0.3) is 5.69 Å². The van der Waals surface area contributed by atoms with Crippen molar-refractivity contribution in [2.24, 2.45) is 5.92 Å². The topological polar surface area (TPSA) is 97.3 Å². The number of nitro benzene ring substituents is 1. The van der Waals surface area contributed by atoms with Crippen LogP contribution in [0.3, 0.4) is 0 Å². The van der Waals surface area contributed by atoms with E-state index >= 15 is 0 Å². The van der Waals surface area contributed by atoms with E-state index < -0.39 is 0 Å². The zero-order valence-electron chi connectivity index (χ0n) is 17.6. The highest BCUT2D eigenvalue weighted by molar-refractivity contribution is 5.96. The van der Waals surface area contributed by atoms with Gasteiger partial charge in [0, 0.05) is 29.4 Å². The van der Waals surface area contributed by atoms with Gasteiger partial charge in [-0.15, -0.1) is 0 Å². The van der Waals surface area contributed by atoms with Gasteiger partial charge >= 0.3 is 0 Å². The fraction of sp³-hybridized carbons (Fsp3) is 0.455. The Labute approximate surface area is 175 Å². The van der Waals surface area contributed by atoms with Crippen molar-refractivity contribution in [2.45, 2.75) is 40.2 Å². The summed E-state index contributed by atoms with van der Waals surface area (Å²) in [5, 5.41) is 15.7. The number of hydrogen-bond donors (Lipinski definition) is 1. The summed E-state index contributed by atoms with van der Waals surface area (Å²) in [5.74, 6) is 2.24. The van der Waals surface area contributed by atoms with E-state index in [1.165, 1.54) is 6.07 Å². The highest BCUT2D eigenvalue weighted by Gasteiger charge is 2.22. The largest absolute Gasteiger partial charge is 0.444 e. The lowest BCUT2D eigenvalue weighted by atomic mass is 9.96. The Kier molecular flexibility index (Phi) is 5.67. The first-order chi connectivity index (χ1) is 14.4. The van der Waals surface area contributed by atoms with Gasteiger partial charge in [0.05, 0.1) is 17.2 Å². The van der Waals surface area contributed by atoms with Gasteiger partial charge in [-0.25, -0.2) is 9.97 Å². The lowest BCUT2D eigenvalue weighted by Gasteiger charge is -2.31. The molecule has 30 heavy (non-hydrogen) atoms. The molecule has 3 aromatic rings. The zero-order chi connectivity index (χ0) is 21.3. The standard InChI is InChI=1S/C22H27N5O3/c1-14-11-19(18-5-4-6-20(27(28)29)22(18)24-14)23-12-17-7-9-26(10-8-17)13-21-25-15(2)16(3)30-21/h4-6,11,17H,7-10,12-13H2,1-3H3,(H,23,24). The van der Waals surface area contributed by atoms with Crippen molar-refractivity contribution in [3.05, 3.63) is 57.4 Å². The van der Waals surface area contributed by atoms with E-state index in [0.717, 1.165) is 73.1 Å². The SMILES string of the molecule is Cc1cc(NCC2CCN(Cc3nc(C)c(C)o3)CC2)c2cccc([N+](=O)[O-])c2n1. The molecule has 1 aliphatic rings.